The summed E-state index contributed by atoms with van der Waals surface area (Å²) in [6.45, 7) is 4.34. The van der Waals surface area contributed by atoms with Crippen LogP contribution in [0.15, 0.2) is 54.6 Å². The van der Waals surface area contributed by atoms with Gasteiger partial charge in [-0.15, -0.1) is 0 Å². The number of carbonyl (C=O) groups is 1. The standard InChI is InChI=1S/C19H22N2O3/c22-18(16-4-2-1-3-5-16)19(23)20-17-8-6-15(7-9-17)14-21-10-12-24-13-11-21/h1-9,18,22H,10-14H2,(H,20,23). The molecule has 1 saturated heterocycles. The first-order chi connectivity index (χ1) is 11.7. The number of anilines is 1. The Morgan fingerprint density at radius 3 is 2.42 bits per heavy atom. The highest BCUT2D eigenvalue weighted by Crippen LogP contribution is 2.17. The van der Waals surface area contributed by atoms with Gasteiger partial charge in [-0.1, -0.05) is 42.5 Å². The Hall–Kier alpha value is -2.21. The van der Waals surface area contributed by atoms with Crippen molar-refractivity contribution in [1.82, 2.24) is 4.90 Å². The average Bonchev–Trinajstić information content (AvgIpc) is 2.64. The molecule has 24 heavy (non-hydrogen) atoms. The van der Waals surface area contributed by atoms with E-state index in [0.29, 0.717) is 11.3 Å². The van der Waals surface area contributed by atoms with E-state index in [0.717, 1.165) is 32.8 Å². The zero-order valence-electron chi connectivity index (χ0n) is 13.5. The summed E-state index contributed by atoms with van der Waals surface area (Å²) in [5, 5.41) is 12.8. The van der Waals surface area contributed by atoms with E-state index >= 15 is 0 Å². The second kappa shape index (κ2) is 8.06. The van der Waals surface area contributed by atoms with Crippen molar-refractivity contribution in [2.24, 2.45) is 0 Å². The normalized spacial score (nSPS) is 16.5. The molecule has 0 spiro atoms. The fourth-order valence-electron chi connectivity index (χ4n) is 2.71. The lowest BCUT2D eigenvalue weighted by molar-refractivity contribution is -0.124. The number of carbonyl (C=O) groups excluding carboxylic acids is 1. The van der Waals surface area contributed by atoms with Crippen LogP contribution in [0.1, 0.15) is 17.2 Å². The number of aliphatic hydroxyl groups is 1. The third kappa shape index (κ3) is 4.41. The van der Waals surface area contributed by atoms with Gasteiger partial charge in [-0.25, -0.2) is 0 Å². The number of nitrogens with one attached hydrogen (secondary N) is 1. The van der Waals surface area contributed by atoms with Crippen molar-refractivity contribution in [3.63, 3.8) is 0 Å². The Morgan fingerprint density at radius 1 is 1.08 bits per heavy atom. The van der Waals surface area contributed by atoms with Gasteiger partial charge in [0.15, 0.2) is 6.10 Å². The lowest BCUT2D eigenvalue weighted by atomic mass is 10.1. The molecule has 1 unspecified atom stereocenters. The number of morpholine rings is 1. The van der Waals surface area contributed by atoms with E-state index in [2.05, 4.69) is 10.2 Å². The molecule has 0 radical (unpaired) electrons. The molecule has 0 aromatic heterocycles. The van der Waals surface area contributed by atoms with Crippen LogP contribution in [0.25, 0.3) is 0 Å². The van der Waals surface area contributed by atoms with E-state index in [-0.39, 0.29) is 0 Å². The van der Waals surface area contributed by atoms with Crippen molar-refractivity contribution in [3.05, 3.63) is 65.7 Å². The highest BCUT2D eigenvalue weighted by atomic mass is 16.5. The van der Waals surface area contributed by atoms with E-state index < -0.39 is 12.0 Å². The lowest BCUT2D eigenvalue weighted by Crippen LogP contribution is -2.35. The number of amides is 1. The summed E-state index contributed by atoms with van der Waals surface area (Å²) < 4.78 is 5.35. The van der Waals surface area contributed by atoms with Crippen molar-refractivity contribution < 1.29 is 14.6 Å². The SMILES string of the molecule is O=C(Nc1ccc(CN2CCOCC2)cc1)C(O)c1ccccc1. The maximum absolute atomic E-state index is 12.1. The zero-order valence-corrected chi connectivity index (χ0v) is 13.5. The van der Waals surface area contributed by atoms with Crippen LogP contribution in [0, 0.1) is 0 Å². The van der Waals surface area contributed by atoms with Gasteiger partial charge in [0.05, 0.1) is 13.2 Å². The molecule has 1 aliphatic heterocycles. The minimum atomic E-state index is -1.17. The summed E-state index contributed by atoms with van der Waals surface area (Å²) in [5.41, 5.74) is 2.46. The third-order valence-corrected chi connectivity index (χ3v) is 4.10. The van der Waals surface area contributed by atoms with E-state index in [1.165, 1.54) is 5.56 Å². The Morgan fingerprint density at radius 2 is 1.75 bits per heavy atom. The molecule has 2 aromatic rings. The number of nitrogens with zero attached hydrogens (tertiary/aromatic N) is 1. The van der Waals surface area contributed by atoms with Crippen LogP contribution in [0.4, 0.5) is 5.69 Å². The van der Waals surface area contributed by atoms with Crippen LogP contribution in [0.2, 0.25) is 0 Å². The summed E-state index contributed by atoms with van der Waals surface area (Å²) in [5.74, 6) is -0.429. The molecule has 5 nitrogen and oxygen atoms in total. The quantitative estimate of drug-likeness (QED) is 0.884. The molecule has 126 valence electrons. The molecule has 1 aliphatic rings. The lowest BCUT2D eigenvalue weighted by Gasteiger charge is -2.26. The molecule has 0 aliphatic carbocycles. The van der Waals surface area contributed by atoms with Crippen molar-refractivity contribution in [2.75, 3.05) is 31.6 Å². The molecule has 1 amide bonds. The van der Waals surface area contributed by atoms with Crippen molar-refractivity contribution in [2.45, 2.75) is 12.6 Å². The van der Waals surface area contributed by atoms with Crippen molar-refractivity contribution in [3.8, 4) is 0 Å². The van der Waals surface area contributed by atoms with Crippen LogP contribution >= 0.6 is 0 Å². The molecule has 2 aromatic carbocycles. The largest absolute Gasteiger partial charge is 0.379 e. The molecule has 1 heterocycles. The summed E-state index contributed by atoms with van der Waals surface area (Å²) in [6, 6.07) is 16.6. The predicted molar refractivity (Wildman–Crippen MR) is 92.6 cm³/mol. The first-order valence-electron chi connectivity index (χ1n) is 8.15. The highest BCUT2D eigenvalue weighted by molar-refractivity contribution is 5.94. The van der Waals surface area contributed by atoms with Gasteiger partial charge in [0.1, 0.15) is 0 Å². The molecule has 0 saturated carbocycles. The minimum absolute atomic E-state index is 0.429. The van der Waals surface area contributed by atoms with Crippen LogP contribution in [0.5, 0.6) is 0 Å². The molecular formula is C19H22N2O3. The van der Waals surface area contributed by atoms with Gasteiger partial charge in [-0.05, 0) is 23.3 Å². The molecule has 2 N–H and O–H groups in total. The van der Waals surface area contributed by atoms with Gasteiger partial charge in [0.25, 0.3) is 5.91 Å². The van der Waals surface area contributed by atoms with Gasteiger partial charge in [0.2, 0.25) is 0 Å². The van der Waals surface area contributed by atoms with E-state index in [1.807, 2.05) is 30.3 Å². The molecule has 1 fully saturated rings. The summed E-state index contributed by atoms with van der Waals surface area (Å²) in [7, 11) is 0. The van der Waals surface area contributed by atoms with Crippen LogP contribution in [-0.2, 0) is 16.1 Å². The second-order valence-corrected chi connectivity index (χ2v) is 5.89. The first kappa shape index (κ1) is 16.6. The highest BCUT2D eigenvalue weighted by Gasteiger charge is 2.17. The fraction of sp³-hybridized carbons (Fsp3) is 0.316. The smallest absolute Gasteiger partial charge is 0.257 e. The Kier molecular flexibility index (Phi) is 5.59. The van der Waals surface area contributed by atoms with Gasteiger partial charge in [0, 0.05) is 25.3 Å². The second-order valence-electron chi connectivity index (χ2n) is 5.89. The van der Waals surface area contributed by atoms with Crippen LogP contribution in [0.3, 0.4) is 0 Å². The Labute approximate surface area is 141 Å². The fourth-order valence-corrected chi connectivity index (χ4v) is 2.71. The molecule has 1 atom stereocenters. The maximum atomic E-state index is 12.1. The minimum Gasteiger partial charge on any atom is -0.379 e. The monoisotopic (exact) mass is 326 g/mol. The topological polar surface area (TPSA) is 61.8 Å². The number of benzene rings is 2. The van der Waals surface area contributed by atoms with Crippen LogP contribution < -0.4 is 5.32 Å². The number of hydrogen-bond acceptors (Lipinski definition) is 4. The number of aliphatic hydroxyl groups excluding tert-OH is 1. The van der Waals surface area contributed by atoms with Gasteiger partial charge in [-0.3, -0.25) is 9.69 Å². The molecule has 0 bridgehead atoms. The van der Waals surface area contributed by atoms with Crippen molar-refractivity contribution in [1.29, 1.82) is 0 Å². The summed E-state index contributed by atoms with van der Waals surface area (Å²) in [6.07, 6.45) is -1.17. The Bertz CT molecular complexity index is 652. The van der Waals surface area contributed by atoms with Crippen molar-refractivity contribution >= 4 is 11.6 Å². The zero-order chi connectivity index (χ0) is 16.8. The molecule has 3 rings (SSSR count). The summed E-state index contributed by atoms with van der Waals surface area (Å²) in [4.78, 5) is 14.5. The van der Waals surface area contributed by atoms with E-state index in [9.17, 15) is 9.90 Å². The molecule has 5 heteroatoms. The maximum Gasteiger partial charge on any atom is 0.257 e. The van der Waals surface area contributed by atoms with E-state index in [4.69, 9.17) is 4.74 Å². The third-order valence-electron chi connectivity index (χ3n) is 4.10. The molecular weight excluding hydrogens is 304 g/mol. The van der Waals surface area contributed by atoms with Gasteiger partial charge in [-0.2, -0.15) is 0 Å². The first-order valence-corrected chi connectivity index (χ1v) is 8.15. The Balaban J connectivity index is 1.56. The van der Waals surface area contributed by atoms with Crippen LogP contribution in [-0.4, -0.2) is 42.2 Å². The van der Waals surface area contributed by atoms with Gasteiger partial charge < -0.3 is 15.2 Å². The average molecular weight is 326 g/mol. The number of hydrogen-bond donors (Lipinski definition) is 2. The van der Waals surface area contributed by atoms with Gasteiger partial charge >= 0.3 is 0 Å². The van der Waals surface area contributed by atoms with E-state index in [1.54, 1.807) is 24.3 Å². The number of ether oxygens (including phenoxy) is 1. The summed E-state index contributed by atoms with van der Waals surface area (Å²) >= 11 is 0. The predicted octanol–water partition coefficient (Wildman–Crippen LogP) is 2.19. The number of rotatable bonds is 5.